The standard InChI is InChI=1S/C18H12ClF4N5O.C18H13F4N5O/c19-13-7-10(1-3-14(13)20)16-11(2-4-15(28-16)18(21,22)23)8-24-17(29)27-12-5-6-25-26-9-12;19-13-3-1-2-11(8-13)16-12(4-5-15(27-16)18(20,21)22)9-23-17(28)26-14-6-7-24-25-10-14/h1-7,9H,8H2,(H2,24,25,27,29);1-8,10H,9H2,(H2,23,24,26,28). The minimum atomic E-state index is -4.67. The molecule has 0 unspecified atom stereocenters. The molecule has 0 saturated heterocycles. The van der Waals surface area contributed by atoms with Gasteiger partial charge in [-0.25, -0.2) is 28.3 Å². The Labute approximate surface area is 321 Å². The Bertz CT molecular complexity index is 2340. The van der Waals surface area contributed by atoms with Gasteiger partial charge in [-0.05, 0) is 65.7 Å². The highest BCUT2D eigenvalue weighted by Crippen LogP contribution is 2.33. The summed E-state index contributed by atoms with van der Waals surface area (Å²) in [4.78, 5) is 31.3. The minimum Gasteiger partial charge on any atom is -0.334 e. The van der Waals surface area contributed by atoms with Crippen LogP contribution in [0.25, 0.3) is 22.5 Å². The summed E-state index contributed by atoms with van der Waals surface area (Å²) >= 11 is 5.75. The molecule has 0 aliphatic heterocycles. The van der Waals surface area contributed by atoms with E-state index in [1.165, 1.54) is 79.4 Å². The lowest BCUT2D eigenvalue weighted by molar-refractivity contribution is -0.141. The summed E-state index contributed by atoms with van der Waals surface area (Å²) < 4.78 is 105. The van der Waals surface area contributed by atoms with E-state index in [0.29, 0.717) is 16.9 Å². The molecule has 0 aliphatic carbocycles. The Morgan fingerprint density at radius 2 is 1.09 bits per heavy atom. The molecule has 4 heterocycles. The number of hydrogen-bond donors (Lipinski definition) is 4. The number of nitrogens with zero attached hydrogens (tertiary/aromatic N) is 6. The lowest BCUT2D eigenvalue weighted by Crippen LogP contribution is -2.28. The van der Waals surface area contributed by atoms with Crippen LogP contribution in [0.2, 0.25) is 5.02 Å². The molecule has 0 radical (unpaired) electrons. The van der Waals surface area contributed by atoms with Gasteiger partial charge in [-0.1, -0.05) is 35.9 Å². The van der Waals surface area contributed by atoms with Gasteiger partial charge in [-0.3, -0.25) is 0 Å². The van der Waals surface area contributed by atoms with Gasteiger partial charge in [0.25, 0.3) is 0 Å². The van der Waals surface area contributed by atoms with E-state index in [2.05, 4.69) is 51.6 Å². The summed E-state index contributed by atoms with van der Waals surface area (Å²) in [5, 5.41) is 24.1. The molecule has 4 aromatic heterocycles. The quantitative estimate of drug-likeness (QED) is 0.111. The third-order valence-electron chi connectivity index (χ3n) is 7.39. The summed E-state index contributed by atoms with van der Waals surface area (Å²) in [5.41, 5.74) is -0.679. The fourth-order valence-electron chi connectivity index (χ4n) is 4.79. The molecule has 0 aliphatic rings. The zero-order valence-corrected chi connectivity index (χ0v) is 29.4. The van der Waals surface area contributed by atoms with Crippen molar-refractivity contribution >= 4 is 35.0 Å². The predicted molar refractivity (Wildman–Crippen MR) is 190 cm³/mol. The zero-order valence-electron chi connectivity index (χ0n) is 28.6. The number of carbonyl (C=O) groups is 2. The molecule has 12 nitrogen and oxygen atoms in total. The monoisotopic (exact) mass is 816 g/mol. The van der Waals surface area contributed by atoms with E-state index < -0.39 is 47.4 Å². The lowest BCUT2D eigenvalue weighted by atomic mass is 10.0. The number of pyridine rings is 2. The van der Waals surface area contributed by atoms with Gasteiger partial charge >= 0.3 is 24.4 Å². The topological polar surface area (TPSA) is 160 Å². The molecule has 294 valence electrons. The van der Waals surface area contributed by atoms with Crippen LogP contribution in [-0.4, -0.2) is 42.4 Å². The van der Waals surface area contributed by atoms with Gasteiger partial charge in [0.15, 0.2) is 0 Å². The number of amides is 4. The van der Waals surface area contributed by atoms with Gasteiger partial charge in [0.2, 0.25) is 0 Å². The summed E-state index contributed by atoms with van der Waals surface area (Å²) in [6.45, 7) is -0.263. The van der Waals surface area contributed by atoms with Crippen LogP contribution in [0.1, 0.15) is 22.5 Å². The fraction of sp³-hybridized carbons (Fsp3) is 0.111. The second kappa shape index (κ2) is 18.2. The van der Waals surface area contributed by atoms with E-state index >= 15 is 0 Å². The highest BCUT2D eigenvalue weighted by atomic mass is 35.5. The molecular weight excluding hydrogens is 792 g/mol. The molecule has 0 fully saturated rings. The molecule has 0 bridgehead atoms. The molecule has 4 N–H and O–H groups in total. The van der Waals surface area contributed by atoms with Gasteiger partial charge in [0, 0.05) is 24.2 Å². The molecule has 0 atom stereocenters. The first-order valence-electron chi connectivity index (χ1n) is 16.1. The van der Waals surface area contributed by atoms with Gasteiger partial charge in [0.05, 0.1) is 52.6 Å². The number of urea groups is 2. The molecule has 0 saturated carbocycles. The Morgan fingerprint density at radius 1 is 0.596 bits per heavy atom. The van der Waals surface area contributed by atoms with Crippen LogP contribution < -0.4 is 21.3 Å². The van der Waals surface area contributed by atoms with Crippen molar-refractivity contribution in [2.24, 2.45) is 0 Å². The summed E-state index contributed by atoms with van der Waals surface area (Å²) in [7, 11) is 0. The minimum absolute atomic E-state index is 0.0693. The van der Waals surface area contributed by atoms with Gasteiger partial charge < -0.3 is 21.3 Å². The second-order valence-corrected chi connectivity index (χ2v) is 11.8. The number of anilines is 2. The van der Waals surface area contributed by atoms with Crippen LogP contribution in [0.3, 0.4) is 0 Å². The molecule has 21 heteroatoms. The van der Waals surface area contributed by atoms with Crippen molar-refractivity contribution in [1.82, 2.24) is 41.0 Å². The van der Waals surface area contributed by atoms with Crippen molar-refractivity contribution in [3.05, 3.63) is 143 Å². The van der Waals surface area contributed by atoms with Crippen molar-refractivity contribution < 1.29 is 44.7 Å². The maximum Gasteiger partial charge on any atom is 0.433 e. The predicted octanol–water partition coefficient (Wildman–Crippen LogP) is 8.69. The molecular formula is C36H25ClF8N10O2. The third-order valence-corrected chi connectivity index (χ3v) is 7.68. The number of rotatable bonds is 8. The van der Waals surface area contributed by atoms with E-state index in [4.69, 9.17) is 11.6 Å². The number of benzene rings is 2. The van der Waals surface area contributed by atoms with Crippen molar-refractivity contribution in [3.63, 3.8) is 0 Å². The van der Waals surface area contributed by atoms with Crippen LogP contribution in [0, 0.1) is 11.6 Å². The molecule has 2 aromatic carbocycles. The van der Waals surface area contributed by atoms with Gasteiger partial charge in [-0.2, -0.15) is 46.7 Å². The number of hydrogen-bond acceptors (Lipinski definition) is 8. The van der Waals surface area contributed by atoms with Crippen LogP contribution in [0.15, 0.2) is 104 Å². The fourth-order valence-corrected chi connectivity index (χ4v) is 4.97. The van der Waals surface area contributed by atoms with Crippen molar-refractivity contribution in [3.8, 4) is 22.5 Å². The first-order chi connectivity index (χ1) is 27.1. The average Bonchev–Trinajstić information content (AvgIpc) is 3.17. The molecule has 6 aromatic rings. The van der Waals surface area contributed by atoms with Gasteiger partial charge in [-0.15, -0.1) is 0 Å². The number of alkyl halides is 6. The summed E-state index contributed by atoms with van der Waals surface area (Å²) in [6.07, 6.45) is -3.90. The molecule has 57 heavy (non-hydrogen) atoms. The first-order valence-corrected chi connectivity index (χ1v) is 16.4. The maximum atomic E-state index is 13.5. The van der Waals surface area contributed by atoms with Crippen LogP contribution in [0.4, 0.5) is 56.1 Å². The maximum absolute atomic E-state index is 13.5. The normalized spacial score (nSPS) is 11.2. The number of carbonyl (C=O) groups excluding carboxylic acids is 2. The highest BCUT2D eigenvalue weighted by Gasteiger charge is 2.34. The van der Waals surface area contributed by atoms with E-state index in [9.17, 15) is 44.7 Å². The van der Waals surface area contributed by atoms with E-state index in [0.717, 1.165) is 24.3 Å². The van der Waals surface area contributed by atoms with Crippen LogP contribution in [0.5, 0.6) is 0 Å². The van der Waals surface area contributed by atoms with Gasteiger partial charge in [0.1, 0.15) is 23.0 Å². The molecule has 0 spiro atoms. The van der Waals surface area contributed by atoms with Crippen molar-refractivity contribution in [2.45, 2.75) is 25.4 Å². The Kier molecular flexibility index (Phi) is 13.2. The van der Waals surface area contributed by atoms with Crippen LogP contribution in [-0.2, 0) is 25.4 Å². The van der Waals surface area contributed by atoms with Crippen molar-refractivity contribution in [1.29, 1.82) is 0 Å². The van der Waals surface area contributed by atoms with E-state index in [-0.39, 0.29) is 46.2 Å². The second-order valence-electron chi connectivity index (χ2n) is 11.4. The highest BCUT2D eigenvalue weighted by molar-refractivity contribution is 6.31. The zero-order chi connectivity index (χ0) is 41.2. The third kappa shape index (κ3) is 11.8. The number of nitrogens with one attached hydrogen (secondary N) is 4. The summed E-state index contributed by atoms with van der Waals surface area (Å²) in [6, 6.07) is 14.3. The average molecular weight is 817 g/mol. The Hall–Kier alpha value is -6.83. The number of aromatic nitrogens is 6. The summed E-state index contributed by atoms with van der Waals surface area (Å²) in [5.74, 6) is -1.33. The van der Waals surface area contributed by atoms with Crippen LogP contribution >= 0.6 is 11.6 Å². The first kappa shape index (κ1) is 41.3. The Morgan fingerprint density at radius 3 is 1.51 bits per heavy atom. The molecule has 4 amide bonds. The van der Waals surface area contributed by atoms with E-state index in [1.54, 1.807) is 0 Å². The largest absolute Gasteiger partial charge is 0.433 e. The lowest BCUT2D eigenvalue weighted by Gasteiger charge is -2.14. The van der Waals surface area contributed by atoms with E-state index in [1.807, 2.05) is 0 Å². The SMILES string of the molecule is O=C(NCc1ccc(C(F)(F)F)nc1-c1ccc(F)c(Cl)c1)Nc1ccnnc1.O=C(NCc1ccc(C(F)(F)F)nc1-c1cccc(F)c1)Nc1ccnnc1. The van der Waals surface area contributed by atoms with Crippen molar-refractivity contribution in [2.75, 3.05) is 10.6 Å². The smallest absolute Gasteiger partial charge is 0.334 e. The molecule has 6 rings (SSSR count). The Balaban J connectivity index is 0.000000218. The number of halogens is 9.